The second-order valence-electron chi connectivity index (χ2n) is 8.41. The zero-order chi connectivity index (χ0) is 23.1. The van der Waals surface area contributed by atoms with E-state index in [-0.39, 0.29) is 17.0 Å². The number of hydrogen-bond donors (Lipinski definition) is 1. The summed E-state index contributed by atoms with van der Waals surface area (Å²) in [6.45, 7) is 4.42. The van der Waals surface area contributed by atoms with E-state index in [4.69, 9.17) is 11.6 Å². The molecule has 0 bridgehead atoms. The van der Waals surface area contributed by atoms with Gasteiger partial charge in [0.15, 0.2) is 5.82 Å². The Morgan fingerprint density at radius 1 is 1.27 bits per heavy atom. The lowest BCUT2D eigenvalue weighted by Gasteiger charge is -2.09. The first-order chi connectivity index (χ1) is 15.9. The average molecular weight is 476 g/mol. The van der Waals surface area contributed by atoms with Gasteiger partial charge in [0.1, 0.15) is 16.1 Å². The Hall–Kier alpha value is -3.21. The highest BCUT2D eigenvalue weighted by atomic mass is 35.5. The Morgan fingerprint density at radius 2 is 2.03 bits per heavy atom. The van der Waals surface area contributed by atoms with Gasteiger partial charge in [-0.25, -0.2) is 9.67 Å². The minimum atomic E-state index is -0.187. The molecule has 166 valence electrons. The zero-order valence-electron chi connectivity index (χ0n) is 18.4. The smallest absolute Gasteiger partial charge is 0.260 e. The highest BCUT2D eigenvalue weighted by molar-refractivity contribution is 7.18. The lowest BCUT2D eigenvalue weighted by Crippen LogP contribution is -2.12. The quantitative estimate of drug-likeness (QED) is 0.398. The number of halogens is 1. The molecule has 6 nitrogen and oxygen atoms in total. The van der Waals surface area contributed by atoms with Crippen LogP contribution >= 0.6 is 22.9 Å². The second kappa shape index (κ2) is 8.62. The molecular formula is C25H22ClN5OS. The topological polar surface area (TPSA) is 87.4 Å². The van der Waals surface area contributed by atoms with Gasteiger partial charge in [-0.1, -0.05) is 41.4 Å². The molecule has 5 rings (SSSR count). The van der Waals surface area contributed by atoms with Gasteiger partial charge in [-0.15, -0.1) is 11.3 Å². The van der Waals surface area contributed by atoms with Crippen molar-refractivity contribution in [2.75, 3.05) is 0 Å². The largest absolute Gasteiger partial charge is 0.305 e. The summed E-state index contributed by atoms with van der Waals surface area (Å²) in [6, 6.07) is 10.4. The lowest BCUT2D eigenvalue weighted by atomic mass is 9.97. The maximum atomic E-state index is 12.9. The molecule has 8 heteroatoms. The van der Waals surface area contributed by atoms with E-state index >= 15 is 0 Å². The Morgan fingerprint density at radius 3 is 2.79 bits per heavy atom. The zero-order valence-corrected chi connectivity index (χ0v) is 20.0. The maximum absolute atomic E-state index is 12.9. The average Bonchev–Trinajstić information content (AvgIpc) is 3.30. The van der Waals surface area contributed by atoms with E-state index in [2.05, 4.69) is 33.3 Å². The number of fused-ring (bicyclic) bond motifs is 3. The van der Waals surface area contributed by atoms with Crippen LogP contribution < -0.4 is 5.56 Å². The van der Waals surface area contributed by atoms with Crippen LogP contribution in [-0.2, 0) is 19.4 Å². The van der Waals surface area contributed by atoms with E-state index in [0.29, 0.717) is 33.2 Å². The number of aromatic amines is 1. The van der Waals surface area contributed by atoms with Crippen LogP contribution in [0.1, 0.15) is 51.5 Å². The van der Waals surface area contributed by atoms with E-state index in [0.717, 1.165) is 36.8 Å². The van der Waals surface area contributed by atoms with E-state index in [9.17, 15) is 10.1 Å². The third kappa shape index (κ3) is 4.01. The van der Waals surface area contributed by atoms with Gasteiger partial charge in [0, 0.05) is 10.4 Å². The van der Waals surface area contributed by atoms with Crippen LogP contribution in [-0.4, -0.2) is 19.7 Å². The van der Waals surface area contributed by atoms with Gasteiger partial charge < -0.3 is 4.98 Å². The molecule has 0 atom stereocenters. The Balaban J connectivity index is 1.54. The second-order valence-corrected chi connectivity index (χ2v) is 9.85. The van der Waals surface area contributed by atoms with Crippen LogP contribution in [0.15, 0.2) is 29.1 Å². The highest BCUT2D eigenvalue weighted by Gasteiger charge is 2.21. The number of H-pyrrole nitrogens is 1. The number of thiophene rings is 1. The van der Waals surface area contributed by atoms with Gasteiger partial charge in [0.25, 0.3) is 5.56 Å². The van der Waals surface area contributed by atoms with Crippen LogP contribution in [0.4, 0.5) is 0 Å². The predicted molar refractivity (Wildman–Crippen MR) is 133 cm³/mol. The Kier molecular flexibility index (Phi) is 5.65. The number of nitrogens with zero attached hydrogens (tertiary/aromatic N) is 4. The normalized spacial score (nSPS) is 13.8. The number of nitrogens with one attached hydrogen (secondary N) is 1. The van der Waals surface area contributed by atoms with E-state index in [1.807, 2.05) is 26.0 Å². The van der Waals surface area contributed by atoms with Crippen molar-refractivity contribution in [1.82, 2.24) is 19.7 Å². The summed E-state index contributed by atoms with van der Waals surface area (Å²) in [6.07, 6.45) is 5.79. The molecule has 0 unspecified atom stereocenters. The molecule has 0 fully saturated rings. The predicted octanol–water partition coefficient (Wildman–Crippen LogP) is 5.44. The van der Waals surface area contributed by atoms with Crippen molar-refractivity contribution in [1.29, 1.82) is 5.26 Å². The third-order valence-corrected chi connectivity index (χ3v) is 7.64. The summed E-state index contributed by atoms with van der Waals surface area (Å²) in [5.74, 6) is 0.260. The number of aryl methyl sites for hydroxylation is 4. The molecule has 0 spiro atoms. The molecule has 1 aliphatic rings. The summed E-state index contributed by atoms with van der Waals surface area (Å²) in [4.78, 5) is 22.3. The van der Waals surface area contributed by atoms with E-state index < -0.39 is 0 Å². The molecule has 1 aromatic carbocycles. The van der Waals surface area contributed by atoms with Gasteiger partial charge in [-0.2, -0.15) is 10.4 Å². The molecule has 33 heavy (non-hydrogen) atoms. The Labute approximate surface area is 200 Å². The van der Waals surface area contributed by atoms with Crippen molar-refractivity contribution >= 4 is 44.8 Å². The number of nitriles is 1. The third-order valence-electron chi connectivity index (χ3n) is 6.05. The van der Waals surface area contributed by atoms with Crippen molar-refractivity contribution in [2.24, 2.45) is 0 Å². The molecule has 0 amide bonds. The molecule has 1 N–H and O–H groups in total. The minimum Gasteiger partial charge on any atom is -0.305 e. The molecule has 0 saturated heterocycles. The molecule has 4 aromatic rings. The first-order valence-corrected chi connectivity index (χ1v) is 12.1. The summed E-state index contributed by atoms with van der Waals surface area (Å²) in [7, 11) is 0. The SMILES string of the molecule is Cc1ccc(Cn2nc(C)c(/C=C(\C#N)c3nc4sc5c(c4c(=O)[nH]3)CCCC5)c2Cl)cc1. The van der Waals surface area contributed by atoms with Crippen molar-refractivity contribution in [2.45, 2.75) is 46.1 Å². The molecule has 0 radical (unpaired) electrons. The number of allylic oxidation sites excluding steroid dienone is 1. The molecule has 3 heterocycles. The van der Waals surface area contributed by atoms with Crippen LogP contribution in [0.3, 0.4) is 0 Å². The van der Waals surface area contributed by atoms with Gasteiger partial charge in [0.05, 0.1) is 23.2 Å². The maximum Gasteiger partial charge on any atom is 0.260 e. The van der Waals surface area contributed by atoms with E-state index in [1.165, 1.54) is 10.4 Å². The first kappa shape index (κ1) is 21.6. The summed E-state index contributed by atoms with van der Waals surface area (Å²) in [5.41, 5.74) is 4.81. The van der Waals surface area contributed by atoms with Crippen molar-refractivity contribution in [3.05, 3.63) is 78.4 Å². The first-order valence-electron chi connectivity index (χ1n) is 10.9. The van der Waals surface area contributed by atoms with Crippen molar-refractivity contribution in [3.63, 3.8) is 0 Å². The lowest BCUT2D eigenvalue weighted by molar-refractivity contribution is 0.680. The van der Waals surface area contributed by atoms with Crippen molar-refractivity contribution < 1.29 is 0 Å². The van der Waals surface area contributed by atoms with E-state index in [1.54, 1.807) is 22.1 Å². The fourth-order valence-corrected chi connectivity index (χ4v) is 5.84. The van der Waals surface area contributed by atoms with Crippen LogP contribution in [0.2, 0.25) is 5.15 Å². The van der Waals surface area contributed by atoms with Gasteiger partial charge in [0.2, 0.25) is 0 Å². The number of rotatable bonds is 4. The summed E-state index contributed by atoms with van der Waals surface area (Å²) >= 11 is 8.22. The number of benzene rings is 1. The Bertz CT molecular complexity index is 1500. The van der Waals surface area contributed by atoms with Gasteiger partial charge in [-0.05, 0) is 56.7 Å². The number of aromatic nitrogens is 4. The van der Waals surface area contributed by atoms with Crippen LogP contribution in [0, 0.1) is 25.2 Å². The molecule has 1 aliphatic carbocycles. The van der Waals surface area contributed by atoms with Gasteiger partial charge in [-0.3, -0.25) is 4.79 Å². The molecule has 0 saturated carbocycles. The fraction of sp³-hybridized carbons (Fsp3) is 0.280. The summed E-state index contributed by atoms with van der Waals surface area (Å²) < 4.78 is 1.72. The fourth-order valence-electron chi connectivity index (χ4n) is 4.29. The number of hydrogen-bond acceptors (Lipinski definition) is 5. The van der Waals surface area contributed by atoms with Gasteiger partial charge >= 0.3 is 0 Å². The molecule has 3 aromatic heterocycles. The standard InChI is InChI=1S/C25H22ClN5OS/c1-14-7-9-16(10-8-14)13-31-22(26)19(15(2)30-31)11-17(12-27)23-28-24(32)21-18-5-3-4-6-20(18)33-25(21)29-23/h7-11H,3-6,13H2,1-2H3,(H,28,29,32)/b17-11+. The van der Waals surface area contributed by atoms with Crippen LogP contribution in [0.25, 0.3) is 21.9 Å². The highest BCUT2D eigenvalue weighted by Crippen LogP contribution is 2.34. The monoisotopic (exact) mass is 475 g/mol. The minimum absolute atomic E-state index is 0.187. The van der Waals surface area contributed by atoms with Crippen molar-refractivity contribution in [3.8, 4) is 6.07 Å². The molecule has 0 aliphatic heterocycles. The summed E-state index contributed by atoms with van der Waals surface area (Å²) in [5, 5.41) is 15.5. The van der Waals surface area contributed by atoms with Crippen LogP contribution in [0.5, 0.6) is 0 Å². The molecular weight excluding hydrogens is 454 g/mol.